The van der Waals surface area contributed by atoms with Crippen molar-refractivity contribution in [2.45, 2.75) is 32.3 Å². The Kier molecular flexibility index (Phi) is 8.39. The predicted molar refractivity (Wildman–Crippen MR) is 156 cm³/mol. The van der Waals surface area contributed by atoms with Crippen molar-refractivity contribution in [3.8, 4) is 23.0 Å². The van der Waals surface area contributed by atoms with E-state index in [-0.39, 0.29) is 11.9 Å². The predicted octanol–water partition coefficient (Wildman–Crippen LogP) is 4.25. The molecule has 1 atom stereocenters. The summed E-state index contributed by atoms with van der Waals surface area (Å²) < 4.78 is 13.5. The fourth-order valence-electron chi connectivity index (χ4n) is 4.93. The number of Topliss-reactive ketones (excluding diaryl/α,β-unsaturated/α-hetero) is 1. The molecule has 0 aliphatic carbocycles. The fraction of sp³-hybridized carbons (Fsp3) is 0.379. The van der Waals surface area contributed by atoms with Gasteiger partial charge in [0, 0.05) is 39.3 Å². The number of hydrogen-bond donors (Lipinski definition) is 1. The molecule has 4 heterocycles. The van der Waals surface area contributed by atoms with Gasteiger partial charge in [0.25, 0.3) is 0 Å². The molecule has 214 valence electrons. The van der Waals surface area contributed by atoms with E-state index in [0.29, 0.717) is 46.8 Å². The van der Waals surface area contributed by atoms with Gasteiger partial charge < -0.3 is 24.6 Å². The minimum absolute atomic E-state index is 0.0259. The van der Waals surface area contributed by atoms with E-state index in [1.54, 1.807) is 36.7 Å². The van der Waals surface area contributed by atoms with Crippen LogP contribution in [0, 0.1) is 0 Å². The molecule has 1 fully saturated rings. The molecule has 1 N–H and O–H groups in total. The molecule has 12 nitrogen and oxygen atoms in total. The van der Waals surface area contributed by atoms with Crippen molar-refractivity contribution in [3.63, 3.8) is 0 Å². The van der Waals surface area contributed by atoms with Gasteiger partial charge in [-0.15, -0.1) is 0 Å². The van der Waals surface area contributed by atoms with Gasteiger partial charge in [-0.25, -0.2) is 19.9 Å². The summed E-state index contributed by atoms with van der Waals surface area (Å²) in [5.74, 6) is 2.62. The van der Waals surface area contributed by atoms with Crippen molar-refractivity contribution in [1.82, 2.24) is 34.6 Å². The van der Waals surface area contributed by atoms with Gasteiger partial charge in [-0.05, 0) is 38.6 Å². The molecule has 1 aromatic carbocycles. The summed E-state index contributed by atoms with van der Waals surface area (Å²) in [6.45, 7) is 3.79. The summed E-state index contributed by atoms with van der Waals surface area (Å²) in [5.41, 5.74) is 2.64. The lowest BCUT2D eigenvalue weighted by Gasteiger charge is -2.29. The van der Waals surface area contributed by atoms with Gasteiger partial charge in [0.1, 0.15) is 24.1 Å². The Bertz CT molecular complexity index is 1510. The summed E-state index contributed by atoms with van der Waals surface area (Å²) in [7, 11) is 7.40. The zero-order chi connectivity index (χ0) is 28.9. The number of carbonyl (C=O) groups excluding carboxylic acids is 1. The largest absolute Gasteiger partial charge is 0.494 e. The van der Waals surface area contributed by atoms with Gasteiger partial charge >= 0.3 is 0 Å². The Morgan fingerprint density at radius 1 is 1.10 bits per heavy atom. The van der Waals surface area contributed by atoms with Crippen LogP contribution in [0.3, 0.4) is 0 Å². The number of ether oxygens (including phenoxy) is 2. The number of pyridine rings is 1. The third-order valence-corrected chi connectivity index (χ3v) is 7.02. The Morgan fingerprint density at radius 3 is 2.61 bits per heavy atom. The second-order valence-electron chi connectivity index (χ2n) is 10.0. The smallest absolute Gasteiger partial charge is 0.232 e. The number of aryl methyl sites for hydroxylation is 1. The van der Waals surface area contributed by atoms with E-state index in [1.165, 1.54) is 0 Å². The van der Waals surface area contributed by atoms with Gasteiger partial charge in [-0.1, -0.05) is 13.0 Å². The number of anilines is 4. The highest BCUT2D eigenvalue weighted by Gasteiger charge is 2.22. The highest BCUT2D eigenvalue weighted by molar-refractivity contribution is 6.02. The van der Waals surface area contributed by atoms with Crippen LogP contribution in [0.1, 0.15) is 36.5 Å². The van der Waals surface area contributed by atoms with Crippen molar-refractivity contribution in [2.75, 3.05) is 44.5 Å². The number of ketones is 1. The maximum absolute atomic E-state index is 12.9. The zero-order valence-corrected chi connectivity index (χ0v) is 24.0. The van der Waals surface area contributed by atoms with E-state index in [1.807, 2.05) is 50.2 Å². The van der Waals surface area contributed by atoms with Gasteiger partial charge in [0.15, 0.2) is 17.4 Å². The number of nitrogens with one attached hydrogen (secondary N) is 1. The second kappa shape index (κ2) is 12.3. The van der Waals surface area contributed by atoms with Gasteiger partial charge in [0.05, 0.1) is 42.0 Å². The first-order valence-electron chi connectivity index (χ1n) is 13.6. The van der Waals surface area contributed by atoms with E-state index in [4.69, 9.17) is 9.47 Å². The molecule has 0 spiro atoms. The molecule has 0 saturated carbocycles. The number of methoxy groups -OCH3 is 1. The Morgan fingerprint density at radius 2 is 1.93 bits per heavy atom. The molecule has 0 unspecified atom stereocenters. The minimum Gasteiger partial charge on any atom is -0.494 e. The minimum atomic E-state index is -0.0259. The Hall–Kier alpha value is -4.58. The van der Waals surface area contributed by atoms with Crippen LogP contribution < -0.4 is 19.7 Å². The van der Waals surface area contributed by atoms with Crippen molar-refractivity contribution >= 4 is 28.8 Å². The molecule has 1 saturated heterocycles. The first-order valence-corrected chi connectivity index (χ1v) is 13.6. The van der Waals surface area contributed by atoms with Crippen LogP contribution in [0.5, 0.6) is 11.6 Å². The highest BCUT2D eigenvalue weighted by atomic mass is 16.5. The van der Waals surface area contributed by atoms with Crippen molar-refractivity contribution in [2.24, 2.45) is 7.05 Å². The lowest BCUT2D eigenvalue weighted by molar-refractivity contribution is 0.0987. The number of hydrogen-bond acceptors (Lipinski definition) is 11. The highest BCUT2D eigenvalue weighted by Crippen LogP contribution is 2.40. The van der Waals surface area contributed by atoms with E-state index in [0.717, 1.165) is 37.2 Å². The van der Waals surface area contributed by atoms with Crippen LogP contribution in [0.25, 0.3) is 11.4 Å². The third-order valence-electron chi connectivity index (χ3n) is 7.02. The van der Waals surface area contributed by atoms with E-state index in [9.17, 15) is 4.79 Å². The number of aromatic nitrogens is 6. The van der Waals surface area contributed by atoms with Gasteiger partial charge in [-0.3, -0.25) is 9.48 Å². The van der Waals surface area contributed by atoms with Gasteiger partial charge in [0.2, 0.25) is 5.88 Å². The average molecular weight is 558 g/mol. The first-order chi connectivity index (χ1) is 19.9. The van der Waals surface area contributed by atoms with Crippen LogP contribution in [0.2, 0.25) is 0 Å². The van der Waals surface area contributed by atoms with Crippen molar-refractivity contribution < 1.29 is 14.3 Å². The quantitative estimate of drug-likeness (QED) is 0.281. The molecule has 0 amide bonds. The number of likely N-dealkylation sites (tertiary alicyclic amines) is 1. The summed E-state index contributed by atoms with van der Waals surface area (Å²) in [6.07, 6.45) is 9.00. The van der Waals surface area contributed by atoms with E-state index < -0.39 is 0 Å². The number of benzene rings is 1. The third kappa shape index (κ3) is 6.27. The van der Waals surface area contributed by atoms with Gasteiger partial charge in [-0.2, -0.15) is 5.10 Å². The normalized spacial score (nSPS) is 15.4. The standard InChI is InChI=1S/C29H35N9O3/c1-6-24(39)21-14-30-25(34-26-15-32-27(16-31-26)41-19-9-8-12-36(2)17-19)13-23(21)38(4)22-11-7-10-20(28(22)40-5)29-33-18-37(3)35-29/h7,10-11,13-16,18-19H,6,8-9,12,17H2,1-5H3,(H,30,31,34)/t19-/m0/s1. The zero-order valence-electron chi connectivity index (χ0n) is 24.0. The SMILES string of the molecule is CCC(=O)c1cnc(Nc2cnc(O[C@H]3CCCN(C)C3)cn2)cc1N(C)c1cccc(-c2ncn(C)n2)c1OC. The van der Waals surface area contributed by atoms with Crippen LogP contribution in [0.4, 0.5) is 23.0 Å². The van der Waals surface area contributed by atoms with Crippen LogP contribution >= 0.6 is 0 Å². The molecule has 5 rings (SSSR count). The molecule has 0 radical (unpaired) electrons. The lowest BCUT2D eigenvalue weighted by Crippen LogP contribution is -2.38. The van der Waals surface area contributed by atoms with Crippen LogP contribution in [-0.4, -0.2) is 80.8 Å². The maximum atomic E-state index is 12.9. The Balaban J connectivity index is 1.42. The molecule has 1 aliphatic heterocycles. The molecule has 0 bridgehead atoms. The van der Waals surface area contributed by atoms with E-state index in [2.05, 4.69) is 42.3 Å². The van der Waals surface area contributed by atoms with Crippen LogP contribution in [-0.2, 0) is 7.05 Å². The van der Waals surface area contributed by atoms with Crippen molar-refractivity contribution in [1.29, 1.82) is 0 Å². The monoisotopic (exact) mass is 557 g/mol. The summed E-state index contributed by atoms with van der Waals surface area (Å²) >= 11 is 0. The number of para-hydroxylation sites is 1. The fourth-order valence-corrected chi connectivity index (χ4v) is 4.93. The first kappa shape index (κ1) is 28.0. The molecule has 3 aromatic heterocycles. The molecular weight excluding hydrogens is 522 g/mol. The molecular formula is C29H35N9O3. The number of carbonyl (C=O) groups is 1. The number of piperidine rings is 1. The summed E-state index contributed by atoms with van der Waals surface area (Å²) in [5, 5.41) is 7.63. The number of nitrogens with zero attached hydrogens (tertiary/aromatic N) is 8. The number of rotatable bonds is 10. The van der Waals surface area contributed by atoms with E-state index >= 15 is 0 Å². The molecule has 41 heavy (non-hydrogen) atoms. The molecule has 4 aromatic rings. The van der Waals surface area contributed by atoms with Crippen LogP contribution in [0.15, 0.2) is 49.2 Å². The second-order valence-corrected chi connectivity index (χ2v) is 10.0. The van der Waals surface area contributed by atoms with Crippen molar-refractivity contribution in [3.05, 3.63) is 54.7 Å². The molecule has 12 heteroatoms. The summed E-state index contributed by atoms with van der Waals surface area (Å²) in [6, 6.07) is 7.55. The maximum Gasteiger partial charge on any atom is 0.232 e. The molecule has 1 aliphatic rings. The topological polar surface area (TPSA) is 123 Å². The summed E-state index contributed by atoms with van der Waals surface area (Å²) in [4.78, 5) is 34.9. The Labute approximate surface area is 239 Å². The number of likely N-dealkylation sites (N-methyl/N-ethyl adjacent to an activating group) is 1. The average Bonchev–Trinajstić information content (AvgIpc) is 3.43. The lowest BCUT2D eigenvalue weighted by atomic mass is 10.1.